The van der Waals surface area contributed by atoms with Gasteiger partial charge in [0.25, 0.3) is 0 Å². The lowest BCUT2D eigenvalue weighted by Crippen LogP contribution is -2.50. The molecule has 3 aliphatic rings. The molecule has 0 spiro atoms. The van der Waals surface area contributed by atoms with Crippen LogP contribution in [0.25, 0.3) is 0 Å². The van der Waals surface area contributed by atoms with Crippen LogP contribution in [0.5, 0.6) is 0 Å². The summed E-state index contributed by atoms with van der Waals surface area (Å²) in [4.78, 5) is 11.5. The molecule has 2 fully saturated rings. The Hall–Kier alpha value is -2.02. The number of likely N-dealkylation sites (tertiary alicyclic amines) is 1. The molecule has 7 heteroatoms. The van der Waals surface area contributed by atoms with Crippen LogP contribution >= 0.6 is 0 Å². The summed E-state index contributed by atoms with van der Waals surface area (Å²) < 4.78 is 0. The van der Waals surface area contributed by atoms with Crippen LogP contribution in [-0.4, -0.2) is 77.3 Å². The zero-order valence-electron chi connectivity index (χ0n) is 14.7. The van der Waals surface area contributed by atoms with Crippen LogP contribution in [0.15, 0.2) is 23.3 Å². The van der Waals surface area contributed by atoms with Gasteiger partial charge in [0.15, 0.2) is 0 Å². The van der Waals surface area contributed by atoms with E-state index in [1.54, 1.807) is 0 Å². The normalized spacial score (nSPS) is 27.1. The van der Waals surface area contributed by atoms with Gasteiger partial charge in [-0.3, -0.25) is 5.10 Å². The number of anilines is 1. The number of likely N-dealkylation sites (N-methyl/N-ethyl adjacent to an activating group) is 2. The van der Waals surface area contributed by atoms with Crippen molar-refractivity contribution in [1.82, 2.24) is 24.9 Å². The average Bonchev–Trinajstić information content (AvgIpc) is 3.10. The lowest BCUT2D eigenvalue weighted by Gasteiger charge is -2.36. The van der Waals surface area contributed by atoms with Crippen LogP contribution in [0.1, 0.15) is 30.9 Å². The third-order valence-corrected chi connectivity index (χ3v) is 5.28. The molecular weight excluding hydrogens is 302 g/mol. The Kier molecular flexibility index (Phi) is 3.96. The molecule has 130 valence electrons. The van der Waals surface area contributed by atoms with Gasteiger partial charge in [0.05, 0.1) is 0 Å². The number of aromatic nitrogens is 2. The van der Waals surface area contributed by atoms with Crippen molar-refractivity contribution in [3.8, 4) is 0 Å². The Morgan fingerprint density at radius 1 is 1.29 bits per heavy atom. The molecule has 0 bridgehead atoms. The van der Waals surface area contributed by atoms with Gasteiger partial charge in [-0.15, -0.1) is 0 Å². The van der Waals surface area contributed by atoms with Crippen molar-refractivity contribution in [1.29, 1.82) is 0 Å². The highest BCUT2D eigenvalue weighted by Crippen LogP contribution is 2.39. The van der Waals surface area contributed by atoms with Crippen LogP contribution in [-0.2, 0) is 0 Å². The summed E-state index contributed by atoms with van der Waals surface area (Å²) in [5, 5.41) is 11.1. The second-order valence-electron chi connectivity index (χ2n) is 7.31. The lowest BCUT2D eigenvalue weighted by atomic mass is 10.2. The molecule has 1 aromatic heterocycles. The van der Waals surface area contributed by atoms with Crippen molar-refractivity contribution in [2.75, 3.05) is 39.5 Å². The number of aromatic amines is 1. The maximum Gasteiger partial charge on any atom is 0.202 e. The number of rotatable bonds is 4. The number of hydrogen-bond acceptors (Lipinski definition) is 6. The molecule has 1 aromatic rings. The molecule has 1 saturated carbocycles. The molecule has 1 aliphatic carbocycles. The SMILES string of the molecule is CN1C(N2CC[C@@H](N(C)C)C2)=NC=CC1Nc1cc(C2CC2)[nH]n1. The zero-order chi connectivity index (χ0) is 16.7. The molecule has 7 nitrogen and oxygen atoms in total. The maximum atomic E-state index is 4.62. The Bertz CT molecular complexity index is 643. The van der Waals surface area contributed by atoms with Crippen LogP contribution in [0.4, 0.5) is 5.82 Å². The predicted molar refractivity (Wildman–Crippen MR) is 96.0 cm³/mol. The van der Waals surface area contributed by atoms with Crippen molar-refractivity contribution in [3.05, 3.63) is 24.0 Å². The van der Waals surface area contributed by atoms with E-state index >= 15 is 0 Å². The van der Waals surface area contributed by atoms with Crippen molar-refractivity contribution in [2.45, 2.75) is 37.4 Å². The van der Waals surface area contributed by atoms with E-state index in [9.17, 15) is 0 Å². The molecule has 4 rings (SSSR count). The highest BCUT2D eigenvalue weighted by atomic mass is 15.4. The smallest absolute Gasteiger partial charge is 0.202 e. The molecule has 1 unspecified atom stereocenters. The van der Waals surface area contributed by atoms with Gasteiger partial charge in [-0.25, -0.2) is 4.99 Å². The number of hydrogen-bond donors (Lipinski definition) is 2. The van der Waals surface area contributed by atoms with Gasteiger partial charge >= 0.3 is 0 Å². The van der Waals surface area contributed by atoms with Gasteiger partial charge in [0, 0.05) is 50.1 Å². The largest absolute Gasteiger partial charge is 0.345 e. The summed E-state index contributed by atoms with van der Waals surface area (Å²) in [6.07, 6.45) is 7.81. The number of aliphatic imine (C=N–C) groups is 1. The monoisotopic (exact) mass is 329 g/mol. The summed E-state index contributed by atoms with van der Waals surface area (Å²) in [7, 11) is 6.40. The fourth-order valence-electron chi connectivity index (χ4n) is 3.50. The third kappa shape index (κ3) is 3.00. The van der Waals surface area contributed by atoms with Crippen LogP contribution < -0.4 is 5.32 Å². The van der Waals surface area contributed by atoms with E-state index in [0.29, 0.717) is 12.0 Å². The molecule has 0 radical (unpaired) electrons. The topological polar surface area (TPSA) is 62.8 Å². The molecule has 0 amide bonds. The Labute approximate surface area is 143 Å². The molecule has 0 aromatic carbocycles. The first-order chi connectivity index (χ1) is 11.6. The quantitative estimate of drug-likeness (QED) is 0.876. The fourth-order valence-corrected chi connectivity index (χ4v) is 3.50. The van der Waals surface area contributed by atoms with E-state index in [2.05, 4.69) is 68.5 Å². The molecule has 1 saturated heterocycles. The van der Waals surface area contributed by atoms with E-state index < -0.39 is 0 Å². The highest BCUT2D eigenvalue weighted by Gasteiger charge is 2.31. The third-order valence-electron chi connectivity index (χ3n) is 5.28. The summed E-state index contributed by atoms with van der Waals surface area (Å²) in [5.74, 6) is 2.64. The summed E-state index contributed by atoms with van der Waals surface area (Å²) >= 11 is 0. The second-order valence-corrected chi connectivity index (χ2v) is 7.31. The molecule has 3 heterocycles. The molecular formula is C17H27N7. The van der Waals surface area contributed by atoms with Crippen molar-refractivity contribution < 1.29 is 0 Å². The Morgan fingerprint density at radius 2 is 2.12 bits per heavy atom. The van der Waals surface area contributed by atoms with Crippen LogP contribution in [0, 0.1) is 0 Å². The fraction of sp³-hybridized carbons (Fsp3) is 0.647. The molecule has 24 heavy (non-hydrogen) atoms. The molecule has 2 atom stereocenters. The second kappa shape index (κ2) is 6.12. The molecule has 2 N–H and O–H groups in total. The Morgan fingerprint density at radius 3 is 2.83 bits per heavy atom. The van der Waals surface area contributed by atoms with E-state index in [4.69, 9.17) is 0 Å². The van der Waals surface area contributed by atoms with Gasteiger partial charge < -0.3 is 20.0 Å². The van der Waals surface area contributed by atoms with Crippen molar-refractivity contribution >= 4 is 11.8 Å². The lowest BCUT2D eigenvalue weighted by molar-refractivity contribution is 0.290. The maximum absolute atomic E-state index is 4.62. The van der Waals surface area contributed by atoms with Gasteiger partial charge in [0.1, 0.15) is 12.0 Å². The van der Waals surface area contributed by atoms with Crippen LogP contribution in [0.2, 0.25) is 0 Å². The van der Waals surface area contributed by atoms with Gasteiger partial charge in [0.2, 0.25) is 5.96 Å². The van der Waals surface area contributed by atoms with E-state index in [-0.39, 0.29) is 6.17 Å². The minimum Gasteiger partial charge on any atom is -0.345 e. The van der Waals surface area contributed by atoms with E-state index in [0.717, 1.165) is 24.9 Å². The summed E-state index contributed by atoms with van der Waals surface area (Å²) in [6.45, 7) is 2.09. The number of guanidine groups is 1. The number of nitrogens with zero attached hydrogens (tertiary/aromatic N) is 5. The summed E-state index contributed by atoms with van der Waals surface area (Å²) in [6, 6.07) is 2.74. The van der Waals surface area contributed by atoms with Gasteiger partial charge in [-0.05, 0) is 39.4 Å². The predicted octanol–water partition coefficient (Wildman–Crippen LogP) is 1.48. The first-order valence-electron chi connectivity index (χ1n) is 8.82. The standard InChI is InChI=1S/C17H27N7/c1-22(2)13-7-9-24(11-13)17-18-8-6-16(23(17)3)19-15-10-14(20-21-15)12-4-5-12/h6,8,10,12-13,16H,4-5,7,9,11H2,1-3H3,(H2,19,20,21)/t13-,16?/m1/s1. The number of nitrogens with one attached hydrogen (secondary N) is 2. The van der Waals surface area contributed by atoms with Gasteiger partial charge in [-0.1, -0.05) is 0 Å². The molecule has 2 aliphatic heterocycles. The average molecular weight is 329 g/mol. The van der Waals surface area contributed by atoms with E-state index in [1.807, 2.05) is 6.20 Å². The number of H-pyrrole nitrogens is 1. The van der Waals surface area contributed by atoms with Crippen molar-refractivity contribution in [3.63, 3.8) is 0 Å². The summed E-state index contributed by atoms with van der Waals surface area (Å²) in [5.41, 5.74) is 1.25. The first kappa shape index (κ1) is 15.5. The van der Waals surface area contributed by atoms with Crippen LogP contribution in [0.3, 0.4) is 0 Å². The first-order valence-corrected chi connectivity index (χ1v) is 8.82. The van der Waals surface area contributed by atoms with Gasteiger partial charge in [-0.2, -0.15) is 5.10 Å². The zero-order valence-corrected chi connectivity index (χ0v) is 14.7. The van der Waals surface area contributed by atoms with Crippen molar-refractivity contribution in [2.24, 2.45) is 4.99 Å². The van der Waals surface area contributed by atoms with E-state index in [1.165, 1.54) is 25.0 Å². The minimum atomic E-state index is 0.0752. The highest BCUT2D eigenvalue weighted by molar-refractivity contribution is 5.82. The Balaban J connectivity index is 1.41. The minimum absolute atomic E-state index is 0.0752.